The van der Waals surface area contributed by atoms with Crippen LogP contribution < -0.4 is 11.1 Å². The Bertz CT molecular complexity index is 363. The van der Waals surface area contributed by atoms with Gasteiger partial charge in [-0.1, -0.05) is 19.2 Å². The van der Waals surface area contributed by atoms with Crippen molar-refractivity contribution in [3.05, 3.63) is 48.5 Å². The zero-order valence-electron chi connectivity index (χ0n) is 8.95. The summed E-state index contributed by atoms with van der Waals surface area (Å²) in [6.07, 6.45) is 3.35. The predicted molar refractivity (Wildman–Crippen MR) is 63.9 cm³/mol. The van der Waals surface area contributed by atoms with Gasteiger partial charge in [-0.25, -0.2) is 0 Å². The Labute approximate surface area is 90.1 Å². The van der Waals surface area contributed by atoms with Gasteiger partial charge in [0.05, 0.1) is 24.2 Å². The number of hydrogen-bond donors (Lipinski definition) is 2. The lowest BCUT2D eigenvalue weighted by atomic mass is 10.1. The summed E-state index contributed by atoms with van der Waals surface area (Å²) in [4.78, 5) is 0. The van der Waals surface area contributed by atoms with Crippen LogP contribution in [0.3, 0.4) is 0 Å². The standard InChI is InChI=1S/C11H16N4/c1-5-6-15-9(3)11(8(2)13-4)10(12)7-14-15/h5,7,13H,1-3,6,12H2,4H3. The Hall–Kier alpha value is -1.97. The van der Waals surface area contributed by atoms with Gasteiger partial charge in [0.25, 0.3) is 0 Å². The molecule has 4 nitrogen and oxygen atoms in total. The molecule has 1 rings (SSSR count). The smallest absolute Gasteiger partial charge is 0.0712 e. The Balaban J connectivity index is 3.02. The zero-order chi connectivity index (χ0) is 11.4. The van der Waals surface area contributed by atoms with Crippen molar-refractivity contribution in [1.82, 2.24) is 10.3 Å². The first-order valence-electron chi connectivity index (χ1n) is 4.60. The first-order chi connectivity index (χ1) is 7.11. The molecule has 0 fully saturated rings. The number of hydrazone groups is 1. The van der Waals surface area contributed by atoms with Gasteiger partial charge in [-0.05, 0) is 0 Å². The maximum Gasteiger partial charge on any atom is 0.0712 e. The molecule has 1 aliphatic heterocycles. The molecule has 3 N–H and O–H groups in total. The molecule has 0 radical (unpaired) electrons. The fraction of sp³-hybridized carbons (Fsp3) is 0.182. The molecule has 0 spiro atoms. The number of likely N-dealkylation sites (N-methyl/N-ethyl adjacent to an activating group) is 1. The van der Waals surface area contributed by atoms with Crippen LogP contribution >= 0.6 is 0 Å². The molecule has 0 aromatic heterocycles. The van der Waals surface area contributed by atoms with E-state index in [-0.39, 0.29) is 0 Å². The summed E-state index contributed by atoms with van der Waals surface area (Å²) in [5.41, 5.74) is 8.65. The quantitative estimate of drug-likeness (QED) is 0.670. The number of allylic oxidation sites excluding steroid dienone is 1. The van der Waals surface area contributed by atoms with Crippen LogP contribution in [-0.4, -0.2) is 24.8 Å². The summed E-state index contributed by atoms with van der Waals surface area (Å²) in [5, 5.41) is 8.81. The fourth-order valence-electron chi connectivity index (χ4n) is 1.31. The SMILES string of the molecule is C=CCN1N=CC(N)=C(C(=C)NC)C1=C. The molecule has 1 aliphatic rings. The number of nitrogens with zero attached hydrogens (tertiary/aromatic N) is 2. The third-order valence-corrected chi connectivity index (χ3v) is 2.13. The number of hydrogen-bond acceptors (Lipinski definition) is 4. The molecule has 0 aromatic carbocycles. The summed E-state index contributed by atoms with van der Waals surface area (Å²) in [5.74, 6) is 0. The summed E-state index contributed by atoms with van der Waals surface area (Å²) in [6.45, 7) is 12.1. The first kappa shape index (κ1) is 11.1. The van der Waals surface area contributed by atoms with Gasteiger partial charge in [-0.2, -0.15) is 5.10 Å². The van der Waals surface area contributed by atoms with Gasteiger partial charge in [0.15, 0.2) is 0 Å². The highest BCUT2D eigenvalue weighted by Gasteiger charge is 2.18. The third-order valence-electron chi connectivity index (χ3n) is 2.13. The van der Waals surface area contributed by atoms with E-state index >= 15 is 0 Å². The minimum atomic E-state index is 0.569. The molecular weight excluding hydrogens is 188 g/mol. The molecule has 0 aromatic rings. The van der Waals surface area contributed by atoms with Crippen LogP contribution in [0.5, 0.6) is 0 Å². The monoisotopic (exact) mass is 204 g/mol. The van der Waals surface area contributed by atoms with Crippen molar-refractivity contribution in [2.45, 2.75) is 0 Å². The summed E-state index contributed by atoms with van der Waals surface area (Å²) < 4.78 is 0. The molecular formula is C11H16N4. The van der Waals surface area contributed by atoms with E-state index in [1.165, 1.54) is 0 Å². The molecule has 1 heterocycles. The van der Waals surface area contributed by atoms with E-state index < -0.39 is 0 Å². The van der Waals surface area contributed by atoms with Gasteiger partial charge in [0.2, 0.25) is 0 Å². The van der Waals surface area contributed by atoms with Crippen molar-refractivity contribution in [2.75, 3.05) is 13.6 Å². The molecule has 0 unspecified atom stereocenters. The van der Waals surface area contributed by atoms with Crippen LogP contribution in [0.25, 0.3) is 0 Å². The third kappa shape index (κ3) is 2.10. The zero-order valence-corrected chi connectivity index (χ0v) is 8.95. The van der Waals surface area contributed by atoms with Gasteiger partial charge in [0, 0.05) is 18.3 Å². The molecule has 15 heavy (non-hydrogen) atoms. The summed E-state index contributed by atoms with van der Waals surface area (Å²) in [7, 11) is 1.79. The number of rotatable bonds is 4. The highest BCUT2D eigenvalue weighted by atomic mass is 15.5. The molecule has 0 aliphatic carbocycles. The van der Waals surface area contributed by atoms with Crippen LogP contribution in [0.4, 0.5) is 0 Å². The Kier molecular flexibility index (Phi) is 3.33. The van der Waals surface area contributed by atoms with Crippen molar-refractivity contribution in [2.24, 2.45) is 10.8 Å². The number of nitrogens with one attached hydrogen (secondary N) is 1. The van der Waals surface area contributed by atoms with E-state index in [2.05, 4.69) is 30.2 Å². The lowest BCUT2D eigenvalue weighted by Crippen LogP contribution is -2.27. The van der Waals surface area contributed by atoms with Crippen LogP contribution in [0, 0.1) is 0 Å². The van der Waals surface area contributed by atoms with Crippen molar-refractivity contribution in [1.29, 1.82) is 0 Å². The molecule has 0 bridgehead atoms. The molecule has 0 saturated carbocycles. The van der Waals surface area contributed by atoms with E-state index in [9.17, 15) is 0 Å². The van der Waals surface area contributed by atoms with Gasteiger partial charge in [-0.3, -0.25) is 5.01 Å². The van der Waals surface area contributed by atoms with Crippen LogP contribution in [0.15, 0.2) is 53.6 Å². The van der Waals surface area contributed by atoms with Crippen molar-refractivity contribution in [3.8, 4) is 0 Å². The van der Waals surface area contributed by atoms with Gasteiger partial charge >= 0.3 is 0 Å². The Morgan fingerprint density at radius 1 is 1.73 bits per heavy atom. The highest BCUT2D eigenvalue weighted by molar-refractivity contribution is 5.82. The lowest BCUT2D eigenvalue weighted by molar-refractivity contribution is 0.411. The normalized spacial score (nSPS) is 15.5. The average molecular weight is 204 g/mol. The van der Waals surface area contributed by atoms with Crippen LogP contribution in [0.2, 0.25) is 0 Å². The second kappa shape index (κ2) is 4.50. The molecule has 0 amide bonds. The first-order valence-corrected chi connectivity index (χ1v) is 4.60. The van der Waals surface area contributed by atoms with Gasteiger partial charge in [-0.15, -0.1) is 6.58 Å². The highest BCUT2D eigenvalue weighted by Crippen LogP contribution is 2.23. The van der Waals surface area contributed by atoms with Crippen molar-refractivity contribution >= 4 is 6.21 Å². The second-order valence-electron chi connectivity index (χ2n) is 3.12. The topological polar surface area (TPSA) is 53.6 Å². The molecule has 80 valence electrons. The van der Waals surface area contributed by atoms with Crippen LogP contribution in [-0.2, 0) is 0 Å². The van der Waals surface area contributed by atoms with Crippen LogP contribution in [0.1, 0.15) is 0 Å². The summed E-state index contributed by atoms with van der Waals surface area (Å²) in [6, 6.07) is 0. The lowest BCUT2D eigenvalue weighted by Gasteiger charge is -2.27. The molecule has 0 atom stereocenters. The van der Waals surface area contributed by atoms with E-state index in [4.69, 9.17) is 5.73 Å². The predicted octanol–water partition coefficient (Wildman–Crippen LogP) is 0.933. The van der Waals surface area contributed by atoms with Gasteiger partial charge in [0.1, 0.15) is 0 Å². The largest absolute Gasteiger partial charge is 0.397 e. The maximum atomic E-state index is 5.82. The van der Waals surface area contributed by atoms with E-state index in [0.717, 1.165) is 17.0 Å². The van der Waals surface area contributed by atoms with Crippen molar-refractivity contribution < 1.29 is 0 Å². The maximum absolute atomic E-state index is 5.82. The minimum Gasteiger partial charge on any atom is -0.397 e. The van der Waals surface area contributed by atoms with Crippen molar-refractivity contribution in [3.63, 3.8) is 0 Å². The number of nitrogens with two attached hydrogens (primary N) is 1. The molecule has 0 saturated heterocycles. The average Bonchev–Trinajstić information content (AvgIpc) is 2.22. The Morgan fingerprint density at radius 3 is 2.93 bits per heavy atom. The van der Waals surface area contributed by atoms with Gasteiger partial charge < -0.3 is 11.1 Å². The molecule has 4 heteroatoms. The Morgan fingerprint density at radius 2 is 2.40 bits per heavy atom. The van der Waals surface area contributed by atoms with E-state index in [0.29, 0.717) is 12.2 Å². The fourth-order valence-corrected chi connectivity index (χ4v) is 1.31. The summed E-state index contributed by atoms with van der Waals surface area (Å²) >= 11 is 0. The van der Waals surface area contributed by atoms with E-state index in [1.54, 1.807) is 24.3 Å². The minimum absolute atomic E-state index is 0.569. The second-order valence-corrected chi connectivity index (χ2v) is 3.12. The van der Waals surface area contributed by atoms with E-state index in [1.807, 2.05) is 0 Å².